The summed E-state index contributed by atoms with van der Waals surface area (Å²) in [5.41, 5.74) is 0.184. The molecule has 0 amide bonds. The van der Waals surface area contributed by atoms with Crippen molar-refractivity contribution in [2.75, 3.05) is 32.8 Å². The number of methoxy groups -OCH3 is 2. The number of aliphatic hydroxyl groups is 2. The largest absolute Gasteiger partial charge is 1.00 e. The number of hydrogen-bond donors (Lipinski definition) is 3. The third-order valence-electron chi connectivity index (χ3n) is 19.7. The van der Waals surface area contributed by atoms with E-state index in [1.165, 1.54) is 76.6 Å². The predicted octanol–water partition coefficient (Wildman–Crippen LogP) is 2.08. The summed E-state index contributed by atoms with van der Waals surface area (Å²) in [5.74, 6) is 8.47. The number of carbonyl (C=O) groups is 3. The van der Waals surface area contributed by atoms with Crippen LogP contribution in [-0.2, 0) is 35.3 Å². The average Bonchev–Trinajstić information content (AvgIpc) is 4.18. The first-order chi connectivity index (χ1) is 33.1. The fourth-order valence-electron chi connectivity index (χ4n) is 17.0. The van der Waals surface area contributed by atoms with Gasteiger partial charge in [-0.05, 0) is 186 Å². The van der Waals surface area contributed by atoms with Gasteiger partial charge in [0, 0.05) is 38.4 Å². The standard InChI is InChI=1S/C26H37N3O3.C22H35BrO3.C4H3N3.CH2O3.2K.H/c1-25-9-7-20-19-8-10-26(31,16-32-2)11-18(19)3-4-21(20)22(25)5-6-23(25)24(30)15-29-14-17(12-27)13-28-29;1-21-9-7-16-15-8-10-22(25,13-26-2)11-14(15)3-4-17(16)18(21)5-6-19(21)20(24)12-23;1-5-4-2-6-7-3-4;2-1-4-3;;;/h13-14,18-23,31H,3-11,15-16H2,1-2H3;14-19,25H,3-13H2,1-2H3;2-3H,(H,6,7);1,3H;;;/q;;;;2*+1;-1/p-1/t18-,19+,20-,21-,22+,23-,25+,26-;14-,15+,16-,17-,18+,19-,21+,22-;;;;;/m11...../s1. The number of nitriles is 1. The number of halogens is 1. The van der Waals surface area contributed by atoms with Crippen LogP contribution in [0.3, 0.4) is 0 Å². The Kier molecular flexibility index (Phi) is 23.8. The van der Waals surface area contributed by atoms with Gasteiger partial charge < -0.3 is 31.3 Å². The molecule has 0 radical (unpaired) electrons. The van der Waals surface area contributed by atoms with Crippen molar-refractivity contribution in [1.82, 2.24) is 20.0 Å². The molecule has 10 rings (SSSR count). The van der Waals surface area contributed by atoms with Gasteiger partial charge in [-0.25, -0.2) is 4.85 Å². The van der Waals surface area contributed by atoms with E-state index in [0.717, 1.165) is 92.8 Å². The third kappa shape index (κ3) is 13.7. The number of rotatable bonds is 10. The van der Waals surface area contributed by atoms with Crippen molar-refractivity contribution in [1.29, 1.82) is 5.26 Å². The fourth-order valence-corrected chi connectivity index (χ4v) is 17.3. The second-order valence-electron chi connectivity index (χ2n) is 22.9. The zero-order valence-electron chi connectivity index (χ0n) is 44.2. The molecule has 2 heterocycles. The maximum atomic E-state index is 13.3. The number of alkyl halides is 1. The van der Waals surface area contributed by atoms with Crippen molar-refractivity contribution in [3.05, 3.63) is 41.8 Å². The molecule has 8 fully saturated rings. The average molecular weight is 1100 g/mol. The molecule has 18 heteroatoms. The van der Waals surface area contributed by atoms with E-state index in [2.05, 4.69) is 60.9 Å². The van der Waals surface area contributed by atoms with Crippen molar-refractivity contribution in [3.8, 4) is 6.07 Å². The van der Waals surface area contributed by atoms with Gasteiger partial charge in [-0.1, -0.05) is 29.8 Å². The first-order valence-corrected chi connectivity index (χ1v) is 26.8. The molecule has 0 aliphatic heterocycles. The van der Waals surface area contributed by atoms with Gasteiger partial charge in [0.15, 0.2) is 5.78 Å². The monoisotopic (exact) mass is 1100 g/mol. The van der Waals surface area contributed by atoms with E-state index >= 15 is 0 Å². The van der Waals surface area contributed by atoms with E-state index in [1.807, 2.05) is 0 Å². The molecule has 382 valence electrons. The summed E-state index contributed by atoms with van der Waals surface area (Å²) in [5, 5.41) is 50.1. The van der Waals surface area contributed by atoms with Gasteiger partial charge in [-0.2, -0.15) is 15.5 Å². The third-order valence-corrected chi connectivity index (χ3v) is 20.2. The minimum atomic E-state index is -0.630. The van der Waals surface area contributed by atoms with Crippen LogP contribution in [0.5, 0.6) is 0 Å². The normalized spacial score (nSPS) is 39.0. The van der Waals surface area contributed by atoms with Crippen LogP contribution in [0.1, 0.15) is 136 Å². The van der Waals surface area contributed by atoms with Crippen LogP contribution in [0.2, 0.25) is 0 Å². The SMILES string of the molecule is COC[C@@]1(O)CC[C@H]2[C@H](CC[C@@H]3[C@@H]2CC[C@]2(C)[C@@H](C(=O)CBr)CC[C@@H]32)C1.COC[C@@]1(O)CC[C@H]2[C@H](CC[C@@H]3[C@@H]2CC[C@]2(C)[C@@H](C(=O)Cn4cc(C#N)cn4)CC[C@@H]32)C1.O=CO[O-].[C-]#[N+]c1cn[nH]c1.[H-].[K+].[K+]. The van der Waals surface area contributed by atoms with Gasteiger partial charge in [-0.3, -0.25) is 24.2 Å². The van der Waals surface area contributed by atoms with Crippen molar-refractivity contribution in [2.24, 2.45) is 81.8 Å². The molecule has 3 N–H and O–H groups in total. The van der Waals surface area contributed by atoms with Gasteiger partial charge in [0.2, 0.25) is 5.69 Å². The maximum Gasteiger partial charge on any atom is 1.00 e. The van der Waals surface area contributed by atoms with Crippen molar-refractivity contribution in [3.63, 3.8) is 0 Å². The smallest absolute Gasteiger partial charge is 1.00 e. The molecular formula is C53H77BrK2N6O9. The molecule has 8 aliphatic rings. The number of nitrogens with one attached hydrogen (secondary N) is 1. The minimum Gasteiger partial charge on any atom is -1.00 e. The Morgan fingerprint density at radius 2 is 1.32 bits per heavy atom. The quantitative estimate of drug-likeness (QED) is 0.0779. The van der Waals surface area contributed by atoms with Gasteiger partial charge >= 0.3 is 103 Å². The Bertz CT molecular complexity index is 2150. The van der Waals surface area contributed by atoms with Gasteiger partial charge in [0.05, 0.1) is 60.8 Å². The number of H-pyrrole nitrogens is 1. The Balaban J connectivity index is 0.000000252. The van der Waals surface area contributed by atoms with Crippen LogP contribution in [0.15, 0.2) is 24.8 Å². The number of aromatic amines is 1. The molecule has 0 saturated heterocycles. The summed E-state index contributed by atoms with van der Waals surface area (Å²) in [7, 11) is 3.39. The first-order valence-electron chi connectivity index (χ1n) is 25.7. The number of ether oxygens (including phenoxy) is 2. The van der Waals surface area contributed by atoms with Crippen LogP contribution in [0.25, 0.3) is 4.85 Å². The van der Waals surface area contributed by atoms with Crippen LogP contribution >= 0.6 is 15.9 Å². The number of ketones is 2. The topological polar surface area (TPSA) is 217 Å². The number of nitrogens with zero attached hydrogens (tertiary/aromatic N) is 5. The molecule has 16 atom stereocenters. The number of aromatic nitrogens is 4. The fraction of sp³-hybridized carbons (Fsp3) is 0.792. The van der Waals surface area contributed by atoms with E-state index in [1.54, 1.807) is 31.3 Å². The minimum absolute atomic E-state index is 0. The van der Waals surface area contributed by atoms with Crippen LogP contribution in [0, 0.1) is 99.7 Å². The molecule has 0 unspecified atom stereocenters. The van der Waals surface area contributed by atoms with E-state index < -0.39 is 11.2 Å². The van der Waals surface area contributed by atoms with Gasteiger partial charge in [0.1, 0.15) is 11.9 Å². The summed E-state index contributed by atoms with van der Waals surface area (Å²) in [6, 6.07) is 2.09. The zero-order valence-corrected chi connectivity index (χ0v) is 51.1. The van der Waals surface area contributed by atoms with Crippen LogP contribution in [0.4, 0.5) is 5.69 Å². The van der Waals surface area contributed by atoms with E-state index in [0.29, 0.717) is 53.3 Å². The summed E-state index contributed by atoms with van der Waals surface area (Å²) in [4.78, 5) is 40.2. The second-order valence-corrected chi connectivity index (χ2v) is 23.4. The van der Waals surface area contributed by atoms with Gasteiger partial charge in [0.25, 0.3) is 6.47 Å². The van der Waals surface area contributed by atoms with E-state index in [4.69, 9.17) is 31.4 Å². The number of hydrogen-bond acceptors (Lipinski definition) is 12. The van der Waals surface area contributed by atoms with Crippen molar-refractivity contribution >= 4 is 39.7 Å². The molecule has 0 aromatic carbocycles. The van der Waals surface area contributed by atoms with E-state index in [9.17, 15) is 19.8 Å². The Hall–Kier alpha value is -0.237. The van der Waals surface area contributed by atoms with Gasteiger partial charge in [-0.15, -0.1) is 0 Å². The van der Waals surface area contributed by atoms with Crippen LogP contribution < -0.4 is 108 Å². The van der Waals surface area contributed by atoms with Crippen LogP contribution in [-0.4, -0.2) is 92.2 Å². The Morgan fingerprint density at radius 3 is 1.72 bits per heavy atom. The summed E-state index contributed by atoms with van der Waals surface area (Å²) < 4.78 is 12.3. The molecule has 0 bridgehead atoms. The Labute approximate surface area is 516 Å². The molecule has 8 saturated carbocycles. The molecular weight excluding hydrogens is 1020 g/mol. The summed E-state index contributed by atoms with van der Waals surface area (Å²) in [6.45, 7) is 12.3. The molecule has 71 heavy (non-hydrogen) atoms. The maximum absolute atomic E-state index is 13.3. The zero-order chi connectivity index (χ0) is 49.6. The molecule has 2 aromatic heterocycles. The predicted molar refractivity (Wildman–Crippen MR) is 259 cm³/mol. The second kappa shape index (κ2) is 27.4. The molecule has 0 spiro atoms. The summed E-state index contributed by atoms with van der Waals surface area (Å²) in [6.07, 6.45) is 26.6. The summed E-state index contributed by atoms with van der Waals surface area (Å²) >= 11 is 3.42. The molecule has 2 aromatic rings. The number of fused-ring (bicyclic) bond motifs is 10. The first kappa shape index (κ1) is 61.6. The Morgan fingerprint density at radius 1 is 0.831 bits per heavy atom. The molecule has 15 nitrogen and oxygen atoms in total. The van der Waals surface area contributed by atoms with Crippen molar-refractivity contribution in [2.45, 2.75) is 147 Å². The van der Waals surface area contributed by atoms with Crippen molar-refractivity contribution < 1.29 is 148 Å². The number of Topliss-reactive ketones (excluding diaryl/α,β-unsaturated/α-hetero) is 2. The number of carbonyl (C=O) groups excluding carboxylic acids is 3. The van der Waals surface area contributed by atoms with E-state index in [-0.39, 0.29) is 146 Å². The molecule has 8 aliphatic carbocycles.